The van der Waals surface area contributed by atoms with Crippen LogP contribution in [-0.4, -0.2) is 16.3 Å². The standard InChI is InChI=1S/C17H23N3/c1-17(2,3)16-14-11-18-10-9-15(14)20(19-16)12-13-7-5-4-6-8-13/h4-8,18H,9-12H2,1-3H3. The molecule has 0 bridgehead atoms. The largest absolute Gasteiger partial charge is 0.312 e. The van der Waals surface area contributed by atoms with E-state index < -0.39 is 0 Å². The number of hydrogen-bond donors (Lipinski definition) is 1. The fourth-order valence-electron chi connectivity index (χ4n) is 2.91. The van der Waals surface area contributed by atoms with Gasteiger partial charge in [0, 0.05) is 36.2 Å². The van der Waals surface area contributed by atoms with Gasteiger partial charge in [0.05, 0.1) is 12.2 Å². The molecule has 1 aliphatic rings. The van der Waals surface area contributed by atoms with E-state index in [1.165, 1.54) is 22.5 Å². The zero-order valence-corrected chi connectivity index (χ0v) is 12.6. The molecule has 3 heteroatoms. The van der Waals surface area contributed by atoms with Crippen LogP contribution >= 0.6 is 0 Å². The van der Waals surface area contributed by atoms with Gasteiger partial charge in [-0.05, 0) is 5.56 Å². The molecule has 0 aliphatic carbocycles. The Kier molecular flexibility index (Phi) is 3.38. The molecule has 3 nitrogen and oxygen atoms in total. The fourth-order valence-corrected chi connectivity index (χ4v) is 2.91. The predicted molar refractivity (Wildman–Crippen MR) is 81.9 cm³/mol. The molecule has 0 atom stereocenters. The highest BCUT2D eigenvalue weighted by Crippen LogP contribution is 2.29. The number of nitrogens with one attached hydrogen (secondary N) is 1. The minimum Gasteiger partial charge on any atom is -0.312 e. The van der Waals surface area contributed by atoms with Crippen molar-refractivity contribution in [1.82, 2.24) is 15.1 Å². The van der Waals surface area contributed by atoms with Gasteiger partial charge in [-0.3, -0.25) is 4.68 Å². The molecule has 1 N–H and O–H groups in total. The Hall–Kier alpha value is -1.61. The summed E-state index contributed by atoms with van der Waals surface area (Å²) in [4.78, 5) is 0. The lowest BCUT2D eigenvalue weighted by atomic mass is 9.88. The van der Waals surface area contributed by atoms with E-state index in [1.54, 1.807) is 0 Å². The highest BCUT2D eigenvalue weighted by Gasteiger charge is 2.27. The summed E-state index contributed by atoms with van der Waals surface area (Å²) in [7, 11) is 0. The third kappa shape index (κ3) is 2.50. The van der Waals surface area contributed by atoms with Crippen LogP contribution in [-0.2, 0) is 24.9 Å². The third-order valence-electron chi connectivity index (χ3n) is 3.89. The second-order valence-electron chi connectivity index (χ2n) is 6.59. The summed E-state index contributed by atoms with van der Waals surface area (Å²) >= 11 is 0. The molecule has 1 aromatic heterocycles. The van der Waals surface area contributed by atoms with E-state index in [4.69, 9.17) is 5.10 Å². The van der Waals surface area contributed by atoms with Gasteiger partial charge < -0.3 is 5.32 Å². The first-order valence-electron chi connectivity index (χ1n) is 7.39. The first-order chi connectivity index (χ1) is 9.55. The van der Waals surface area contributed by atoms with Crippen molar-refractivity contribution in [3.05, 3.63) is 52.8 Å². The maximum Gasteiger partial charge on any atom is 0.0725 e. The maximum atomic E-state index is 4.94. The topological polar surface area (TPSA) is 29.9 Å². The molecule has 106 valence electrons. The van der Waals surface area contributed by atoms with Gasteiger partial charge in [0.1, 0.15) is 0 Å². The van der Waals surface area contributed by atoms with Gasteiger partial charge in [-0.1, -0.05) is 51.1 Å². The van der Waals surface area contributed by atoms with Gasteiger partial charge >= 0.3 is 0 Å². The lowest BCUT2D eigenvalue weighted by Crippen LogP contribution is -2.26. The molecule has 0 amide bonds. The zero-order valence-electron chi connectivity index (χ0n) is 12.6. The summed E-state index contributed by atoms with van der Waals surface area (Å²) in [6.45, 7) is 9.62. The quantitative estimate of drug-likeness (QED) is 0.908. The molecule has 0 saturated heterocycles. The molecule has 3 rings (SSSR count). The molecule has 0 fully saturated rings. The summed E-state index contributed by atoms with van der Waals surface area (Å²) in [5.74, 6) is 0. The average molecular weight is 269 g/mol. The molecule has 20 heavy (non-hydrogen) atoms. The molecule has 0 radical (unpaired) electrons. The Morgan fingerprint density at radius 2 is 1.95 bits per heavy atom. The van der Waals surface area contributed by atoms with E-state index in [0.29, 0.717) is 0 Å². The lowest BCUT2D eigenvalue weighted by Gasteiger charge is -2.20. The first-order valence-corrected chi connectivity index (χ1v) is 7.39. The van der Waals surface area contributed by atoms with E-state index in [0.717, 1.165) is 26.1 Å². The number of rotatable bonds is 2. The van der Waals surface area contributed by atoms with E-state index in [-0.39, 0.29) is 5.41 Å². The summed E-state index contributed by atoms with van der Waals surface area (Å²) < 4.78 is 2.21. The molecule has 1 aromatic carbocycles. The normalized spacial score (nSPS) is 15.2. The summed E-state index contributed by atoms with van der Waals surface area (Å²) in [6, 6.07) is 10.6. The molecule has 1 aliphatic heterocycles. The highest BCUT2D eigenvalue weighted by molar-refractivity contribution is 5.33. The Labute approximate surface area is 121 Å². The van der Waals surface area contributed by atoms with Crippen molar-refractivity contribution < 1.29 is 0 Å². The SMILES string of the molecule is CC(C)(C)c1nn(Cc2ccccc2)c2c1CNCC2. The zero-order chi connectivity index (χ0) is 14.2. The second kappa shape index (κ2) is 5.06. The smallest absolute Gasteiger partial charge is 0.0725 e. The van der Waals surface area contributed by atoms with Gasteiger partial charge in [0.2, 0.25) is 0 Å². The van der Waals surface area contributed by atoms with Crippen molar-refractivity contribution in [3.63, 3.8) is 0 Å². The van der Waals surface area contributed by atoms with E-state index >= 15 is 0 Å². The van der Waals surface area contributed by atoms with E-state index in [1.807, 2.05) is 0 Å². The van der Waals surface area contributed by atoms with Crippen LogP contribution in [0.15, 0.2) is 30.3 Å². The summed E-state index contributed by atoms with van der Waals surface area (Å²) in [6.07, 6.45) is 1.07. The molecule has 0 saturated carbocycles. The summed E-state index contributed by atoms with van der Waals surface area (Å²) in [5, 5.41) is 8.41. The maximum absolute atomic E-state index is 4.94. The van der Waals surface area contributed by atoms with Gasteiger partial charge in [-0.15, -0.1) is 0 Å². The van der Waals surface area contributed by atoms with Crippen LogP contribution in [0.2, 0.25) is 0 Å². The van der Waals surface area contributed by atoms with Crippen LogP contribution in [0.1, 0.15) is 43.3 Å². The highest BCUT2D eigenvalue weighted by atomic mass is 15.3. The Morgan fingerprint density at radius 1 is 1.20 bits per heavy atom. The predicted octanol–water partition coefficient (Wildman–Crippen LogP) is 2.87. The average Bonchev–Trinajstić information content (AvgIpc) is 2.79. The number of nitrogens with zero attached hydrogens (tertiary/aromatic N) is 2. The van der Waals surface area contributed by atoms with Crippen LogP contribution in [0, 0.1) is 0 Å². The number of hydrogen-bond acceptors (Lipinski definition) is 2. The monoisotopic (exact) mass is 269 g/mol. The van der Waals surface area contributed by atoms with Crippen LogP contribution in [0.4, 0.5) is 0 Å². The van der Waals surface area contributed by atoms with Gasteiger partial charge in [0.25, 0.3) is 0 Å². The molecule has 2 aromatic rings. The van der Waals surface area contributed by atoms with Crippen molar-refractivity contribution >= 4 is 0 Å². The Morgan fingerprint density at radius 3 is 2.65 bits per heavy atom. The van der Waals surface area contributed by atoms with Crippen LogP contribution < -0.4 is 5.32 Å². The van der Waals surface area contributed by atoms with Gasteiger partial charge in [0.15, 0.2) is 0 Å². The minimum atomic E-state index is 0.102. The van der Waals surface area contributed by atoms with Crippen molar-refractivity contribution in [1.29, 1.82) is 0 Å². The van der Waals surface area contributed by atoms with Crippen molar-refractivity contribution in [3.8, 4) is 0 Å². The van der Waals surface area contributed by atoms with Crippen LogP contribution in [0.25, 0.3) is 0 Å². The molecular weight excluding hydrogens is 246 g/mol. The number of fused-ring (bicyclic) bond motifs is 1. The lowest BCUT2D eigenvalue weighted by molar-refractivity contribution is 0.539. The van der Waals surface area contributed by atoms with Crippen LogP contribution in [0.3, 0.4) is 0 Å². The van der Waals surface area contributed by atoms with Gasteiger partial charge in [-0.2, -0.15) is 5.10 Å². The summed E-state index contributed by atoms with van der Waals surface area (Å²) in [5.41, 5.74) is 5.50. The molecule has 0 spiro atoms. The van der Waals surface area contributed by atoms with Gasteiger partial charge in [-0.25, -0.2) is 0 Å². The molecule has 2 heterocycles. The molecular formula is C17H23N3. The van der Waals surface area contributed by atoms with E-state index in [9.17, 15) is 0 Å². The second-order valence-corrected chi connectivity index (χ2v) is 6.59. The van der Waals surface area contributed by atoms with Crippen molar-refractivity contribution in [2.45, 2.75) is 45.7 Å². The third-order valence-corrected chi connectivity index (χ3v) is 3.89. The minimum absolute atomic E-state index is 0.102. The Balaban J connectivity index is 2.01. The first kappa shape index (κ1) is 13.4. The fraction of sp³-hybridized carbons (Fsp3) is 0.471. The molecule has 0 unspecified atom stereocenters. The number of aromatic nitrogens is 2. The van der Waals surface area contributed by atoms with Crippen molar-refractivity contribution in [2.75, 3.05) is 6.54 Å². The van der Waals surface area contributed by atoms with Crippen molar-refractivity contribution in [2.24, 2.45) is 0 Å². The van der Waals surface area contributed by atoms with Crippen LogP contribution in [0.5, 0.6) is 0 Å². The number of benzene rings is 1. The Bertz CT molecular complexity index is 591. The van der Waals surface area contributed by atoms with E-state index in [2.05, 4.69) is 61.1 Å².